The summed E-state index contributed by atoms with van der Waals surface area (Å²) < 4.78 is 0. The number of rotatable bonds is 5. The normalized spacial score (nSPS) is 13.3. The SMILES string of the molecule is CNC(=O)C(C)(Cc1cc(Cl)ccc1[N+](=O)[O-])C(=O)O. The average Bonchev–Trinajstić information content (AvgIpc) is 2.36. The topological polar surface area (TPSA) is 110 Å². The zero-order valence-electron chi connectivity index (χ0n) is 10.8. The van der Waals surface area contributed by atoms with Crippen LogP contribution < -0.4 is 5.32 Å². The van der Waals surface area contributed by atoms with Crippen LogP contribution in [0.4, 0.5) is 5.69 Å². The lowest BCUT2D eigenvalue weighted by Gasteiger charge is -2.22. The molecule has 1 amide bonds. The Labute approximate surface area is 119 Å². The number of carboxylic acid groups (broad SMARTS) is 1. The van der Waals surface area contributed by atoms with Crippen molar-refractivity contribution in [1.29, 1.82) is 0 Å². The van der Waals surface area contributed by atoms with Gasteiger partial charge in [0.1, 0.15) is 5.41 Å². The van der Waals surface area contributed by atoms with Crippen molar-refractivity contribution in [2.45, 2.75) is 13.3 Å². The standard InChI is InChI=1S/C12H13ClN2O5/c1-12(11(17)18,10(16)14-2)6-7-5-8(13)3-4-9(7)15(19)20/h3-5H,6H2,1-2H3,(H,14,16)(H,17,18). The van der Waals surface area contributed by atoms with Crippen molar-refractivity contribution >= 4 is 29.2 Å². The molecule has 1 aromatic rings. The molecule has 1 aromatic carbocycles. The van der Waals surface area contributed by atoms with E-state index in [1.165, 1.54) is 32.2 Å². The van der Waals surface area contributed by atoms with Crippen LogP contribution >= 0.6 is 11.6 Å². The number of carbonyl (C=O) groups is 2. The highest BCUT2D eigenvalue weighted by molar-refractivity contribution is 6.30. The molecule has 1 rings (SSSR count). The summed E-state index contributed by atoms with van der Waals surface area (Å²) >= 11 is 5.77. The lowest BCUT2D eigenvalue weighted by Crippen LogP contribution is -2.44. The Kier molecular flexibility index (Phi) is 4.67. The van der Waals surface area contributed by atoms with Crippen LogP contribution in [-0.4, -0.2) is 29.0 Å². The van der Waals surface area contributed by atoms with Crippen molar-refractivity contribution in [3.63, 3.8) is 0 Å². The highest BCUT2D eigenvalue weighted by Crippen LogP contribution is 2.30. The monoisotopic (exact) mass is 300 g/mol. The maximum absolute atomic E-state index is 11.8. The average molecular weight is 301 g/mol. The molecule has 0 aliphatic carbocycles. The molecule has 20 heavy (non-hydrogen) atoms. The van der Waals surface area contributed by atoms with Crippen molar-refractivity contribution < 1.29 is 19.6 Å². The number of benzene rings is 1. The molecule has 0 saturated carbocycles. The van der Waals surface area contributed by atoms with Crippen LogP contribution in [0, 0.1) is 15.5 Å². The van der Waals surface area contributed by atoms with Crippen LogP contribution in [0.5, 0.6) is 0 Å². The summed E-state index contributed by atoms with van der Waals surface area (Å²) in [6.07, 6.45) is -0.334. The summed E-state index contributed by atoms with van der Waals surface area (Å²) in [5.41, 5.74) is -1.99. The van der Waals surface area contributed by atoms with Crippen molar-refractivity contribution in [2.75, 3.05) is 7.05 Å². The molecular weight excluding hydrogens is 288 g/mol. The second-order valence-corrected chi connectivity index (χ2v) is 4.86. The van der Waals surface area contributed by atoms with Gasteiger partial charge in [0.05, 0.1) is 4.92 Å². The van der Waals surface area contributed by atoms with Crippen molar-refractivity contribution in [1.82, 2.24) is 5.32 Å². The highest BCUT2D eigenvalue weighted by Gasteiger charge is 2.42. The first kappa shape index (κ1) is 15.9. The third kappa shape index (κ3) is 3.05. The fraction of sp³-hybridized carbons (Fsp3) is 0.333. The van der Waals surface area contributed by atoms with E-state index < -0.39 is 22.2 Å². The van der Waals surface area contributed by atoms with E-state index >= 15 is 0 Å². The van der Waals surface area contributed by atoms with E-state index in [-0.39, 0.29) is 22.7 Å². The number of amides is 1. The molecular formula is C12H13ClN2O5. The van der Waals surface area contributed by atoms with E-state index in [0.717, 1.165) is 0 Å². The number of nitro groups is 1. The number of nitro benzene ring substituents is 1. The Balaban J connectivity index is 3.31. The maximum Gasteiger partial charge on any atom is 0.319 e. The van der Waals surface area contributed by atoms with Crippen molar-refractivity contribution in [3.8, 4) is 0 Å². The number of hydrogen-bond donors (Lipinski definition) is 2. The number of carboxylic acids is 1. The molecule has 0 aliphatic heterocycles. The van der Waals surface area contributed by atoms with E-state index in [4.69, 9.17) is 11.6 Å². The van der Waals surface area contributed by atoms with Gasteiger partial charge in [-0.2, -0.15) is 0 Å². The Morgan fingerprint density at radius 2 is 2.10 bits per heavy atom. The fourth-order valence-electron chi connectivity index (χ4n) is 1.78. The van der Waals surface area contributed by atoms with Gasteiger partial charge in [-0.3, -0.25) is 19.7 Å². The molecule has 0 aromatic heterocycles. The third-order valence-corrected chi connectivity index (χ3v) is 3.22. The minimum absolute atomic E-state index is 0.0935. The van der Waals surface area contributed by atoms with Gasteiger partial charge in [0.25, 0.3) is 5.69 Å². The number of carbonyl (C=O) groups excluding carboxylic acids is 1. The first-order chi connectivity index (χ1) is 9.22. The van der Waals surface area contributed by atoms with Gasteiger partial charge in [-0.15, -0.1) is 0 Å². The summed E-state index contributed by atoms with van der Waals surface area (Å²) in [4.78, 5) is 33.4. The summed E-state index contributed by atoms with van der Waals surface area (Å²) in [7, 11) is 1.30. The summed E-state index contributed by atoms with van der Waals surface area (Å²) in [5.74, 6) is -2.11. The lowest BCUT2D eigenvalue weighted by atomic mass is 9.82. The first-order valence-corrected chi connectivity index (χ1v) is 5.98. The van der Waals surface area contributed by atoms with Crippen LogP contribution in [0.15, 0.2) is 18.2 Å². The van der Waals surface area contributed by atoms with Gasteiger partial charge in [-0.1, -0.05) is 11.6 Å². The van der Waals surface area contributed by atoms with Crippen LogP contribution in [0.1, 0.15) is 12.5 Å². The molecule has 7 nitrogen and oxygen atoms in total. The molecule has 0 aliphatic rings. The molecule has 108 valence electrons. The highest BCUT2D eigenvalue weighted by atomic mass is 35.5. The molecule has 8 heteroatoms. The van der Waals surface area contributed by atoms with Crippen LogP contribution in [0.25, 0.3) is 0 Å². The van der Waals surface area contributed by atoms with Gasteiger partial charge in [0.15, 0.2) is 0 Å². The number of nitrogens with zero attached hydrogens (tertiary/aromatic N) is 1. The van der Waals surface area contributed by atoms with Gasteiger partial charge in [0.2, 0.25) is 5.91 Å². The lowest BCUT2D eigenvalue weighted by molar-refractivity contribution is -0.385. The molecule has 1 unspecified atom stereocenters. The molecule has 1 atom stereocenters. The Morgan fingerprint density at radius 1 is 1.50 bits per heavy atom. The number of aliphatic carboxylic acids is 1. The zero-order valence-corrected chi connectivity index (χ0v) is 11.6. The minimum Gasteiger partial charge on any atom is -0.480 e. The van der Waals surface area contributed by atoms with Gasteiger partial charge in [0, 0.05) is 30.1 Å². The molecule has 2 N–H and O–H groups in total. The second-order valence-electron chi connectivity index (χ2n) is 4.42. The fourth-order valence-corrected chi connectivity index (χ4v) is 1.98. The number of nitrogens with one attached hydrogen (secondary N) is 1. The molecule has 0 bridgehead atoms. The van der Waals surface area contributed by atoms with Gasteiger partial charge in [-0.25, -0.2) is 0 Å². The second kappa shape index (κ2) is 5.87. The smallest absolute Gasteiger partial charge is 0.319 e. The third-order valence-electron chi connectivity index (χ3n) is 2.98. The van der Waals surface area contributed by atoms with E-state index in [9.17, 15) is 24.8 Å². The zero-order chi connectivity index (χ0) is 15.5. The van der Waals surface area contributed by atoms with E-state index in [1.807, 2.05) is 0 Å². The van der Waals surface area contributed by atoms with E-state index in [0.29, 0.717) is 0 Å². The minimum atomic E-state index is -1.82. The van der Waals surface area contributed by atoms with Crippen LogP contribution in [-0.2, 0) is 16.0 Å². The summed E-state index contributed by atoms with van der Waals surface area (Å²) in [6.45, 7) is 1.21. The largest absolute Gasteiger partial charge is 0.480 e. The Bertz CT molecular complexity index is 575. The van der Waals surface area contributed by atoms with Gasteiger partial charge in [-0.05, 0) is 19.1 Å². The van der Waals surface area contributed by atoms with Crippen LogP contribution in [0.3, 0.4) is 0 Å². The van der Waals surface area contributed by atoms with E-state index in [1.54, 1.807) is 0 Å². The molecule has 0 spiro atoms. The van der Waals surface area contributed by atoms with Crippen molar-refractivity contribution in [3.05, 3.63) is 38.9 Å². The van der Waals surface area contributed by atoms with Gasteiger partial charge >= 0.3 is 5.97 Å². The predicted molar refractivity (Wildman–Crippen MR) is 71.6 cm³/mol. The molecule has 0 heterocycles. The Hall–Kier alpha value is -2.15. The summed E-state index contributed by atoms with van der Waals surface area (Å²) in [6, 6.07) is 3.81. The summed E-state index contributed by atoms with van der Waals surface area (Å²) in [5, 5.41) is 22.7. The molecule has 0 fully saturated rings. The number of hydrogen-bond acceptors (Lipinski definition) is 4. The number of halogens is 1. The molecule has 0 saturated heterocycles. The first-order valence-electron chi connectivity index (χ1n) is 5.60. The van der Waals surface area contributed by atoms with Gasteiger partial charge < -0.3 is 10.4 Å². The Morgan fingerprint density at radius 3 is 2.55 bits per heavy atom. The van der Waals surface area contributed by atoms with Crippen molar-refractivity contribution in [2.24, 2.45) is 5.41 Å². The van der Waals surface area contributed by atoms with E-state index in [2.05, 4.69) is 5.32 Å². The predicted octanol–water partition coefficient (Wildman–Crippen LogP) is 1.63. The van der Waals surface area contributed by atoms with Crippen LogP contribution in [0.2, 0.25) is 5.02 Å². The quantitative estimate of drug-likeness (QED) is 0.488. The molecule has 0 radical (unpaired) electrons. The maximum atomic E-state index is 11.8.